The van der Waals surface area contributed by atoms with Crippen molar-refractivity contribution >= 4 is 23.1 Å². The van der Waals surface area contributed by atoms with E-state index in [1.807, 2.05) is 24.3 Å². The number of fused-ring (bicyclic) bond motifs is 1. The Balaban J connectivity index is 1.67. The van der Waals surface area contributed by atoms with Crippen LogP contribution in [0.2, 0.25) is 0 Å². The van der Waals surface area contributed by atoms with Gasteiger partial charge < -0.3 is 15.0 Å². The van der Waals surface area contributed by atoms with Crippen molar-refractivity contribution in [3.05, 3.63) is 71.7 Å². The molecule has 0 spiro atoms. The molecule has 0 radical (unpaired) electrons. The van der Waals surface area contributed by atoms with Gasteiger partial charge in [-0.1, -0.05) is 30.3 Å². The van der Waals surface area contributed by atoms with E-state index in [-0.39, 0.29) is 11.9 Å². The molecule has 1 N–H and O–H groups in total. The number of methoxy groups -OCH3 is 1. The van der Waals surface area contributed by atoms with Gasteiger partial charge in [0.1, 0.15) is 23.1 Å². The first kappa shape index (κ1) is 18.0. The van der Waals surface area contributed by atoms with E-state index in [2.05, 4.69) is 39.2 Å². The van der Waals surface area contributed by atoms with Crippen LogP contribution >= 0.6 is 0 Å². The number of para-hydroxylation sites is 3. The Hall–Kier alpha value is -3.41. The number of aromatic nitrogens is 2. The smallest absolute Gasteiger partial charge is 0.274 e. The molecule has 0 aliphatic carbocycles. The van der Waals surface area contributed by atoms with Crippen LogP contribution in [-0.2, 0) is 6.42 Å². The van der Waals surface area contributed by atoms with E-state index in [1.165, 1.54) is 5.56 Å². The Morgan fingerprint density at radius 3 is 2.71 bits per heavy atom. The first-order valence-electron chi connectivity index (χ1n) is 9.24. The topological polar surface area (TPSA) is 67.3 Å². The molecule has 0 saturated carbocycles. The number of carbonyl (C=O) groups is 1. The fourth-order valence-corrected chi connectivity index (χ4v) is 3.64. The summed E-state index contributed by atoms with van der Waals surface area (Å²) in [5, 5.41) is 2.88. The van der Waals surface area contributed by atoms with Crippen LogP contribution in [0.25, 0.3) is 0 Å². The minimum absolute atomic E-state index is 0.261. The molecule has 3 aromatic rings. The van der Waals surface area contributed by atoms with Crippen molar-refractivity contribution in [2.24, 2.45) is 0 Å². The third-order valence-corrected chi connectivity index (χ3v) is 4.87. The van der Waals surface area contributed by atoms with Gasteiger partial charge in [-0.05, 0) is 44.0 Å². The van der Waals surface area contributed by atoms with Crippen LogP contribution < -0.4 is 15.0 Å². The summed E-state index contributed by atoms with van der Waals surface area (Å²) >= 11 is 0. The third kappa shape index (κ3) is 3.29. The van der Waals surface area contributed by atoms with Crippen molar-refractivity contribution in [1.82, 2.24) is 9.97 Å². The summed E-state index contributed by atoms with van der Waals surface area (Å²) in [6, 6.07) is 17.6. The van der Waals surface area contributed by atoms with Crippen molar-refractivity contribution in [2.75, 3.05) is 17.3 Å². The monoisotopic (exact) mass is 374 g/mol. The molecule has 2 heterocycles. The molecule has 4 rings (SSSR count). The second-order valence-electron chi connectivity index (χ2n) is 6.86. The van der Waals surface area contributed by atoms with Gasteiger partial charge in [0.2, 0.25) is 0 Å². The van der Waals surface area contributed by atoms with Crippen LogP contribution in [0.5, 0.6) is 5.75 Å². The quantitative estimate of drug-likeness (QED) is 0.744. The van der Waals surface area contributed by atoms with Crippen molar-refractivity contribution in [2.45, 2.75) is 26.3 Å². The maximum absolute atomic E-state index is 12.9. The summed E-state index contributed by atoms with van der Waals surface area (Å²) < 4.78 is 5.31. The maximum atomic E-state index is 12.9. The molecule has 142 valence electrons. The van der Waals surface area contributed by atoms with E-state index < -0.39 is 0 Å². The molecule has 1 atom stereocenters. The minimum Gasteiger partial charge on any atom is -0.495 e. The molecule has 2 aromatic carbocycles. The average molecular weight is 374 g/mol. The van der Waals surface area contributed by atoms with Gasteiger partial charge in [0.25, 0.3) is 5.91 Å². The summed E-state index contributed by atoms with van der Waals surface area (Å²) in [4.78, 5) is 24.0. The Labute approximate surface area is 164 Å². The highest BCUT2D eigenvalue weighted by molar-refractivity contribution is 6.04. The Morgan fingerprint density at radius 2 is 1.89 bits per heavy atom. The second kappa shape index (κ2) is 7.31. The Kier molecular flexibility index (Phi) is 4.69. The van der Waals surface area contributed by atoms with E-state index >= 15 is 0 Å². The number of aryl methyl sites for hydroxylation is 1. The fraction of sp³-hybridized carbons (Fsp3) is 0.227. The number of hydrogen-bond donors (Lipinski definition) is 1. The lowest BCUT2D eigenvalue weighted by molar-refractivity contribution is 0.102. The molecule has 0 fully saturated rings. The molecule has 6 nitrogen and oxygen atoms in total. The largest absolute Gasteiger partial charge is 0.495 e. The number of amides is 1. The van der Waals surface area contributed by atoms with Crippen LogP contribution in [0.15, 0.2) is 54.6 Å². The van der Waals surface area contributed by atoms with Crippen LogP contribution in [0.4, 0.5) is 17.2 Å². The van der Waals surface area contributed by atoms with Gasteiger partial charge in [-0.3, -0.25) is 4.79 Å². The molecule has 1 amide bonds. The van der Waals surface area contributed by atoms with E-state index in [1.54, 1.807) is 32.2 Å². The highest BCUT2D eigenvalue weighted by Crippen LogP contribution is 2.37. The van der Waals surface area contributed by atoms with Gasteiger partial charge >= 0.3 is 0 Å². The molecule has 1 aliphatic rings. The first-order valence-corrected chi connectivity index (χ1v) is 9.24. The van der Waals surface area contributed by atoms with Crippen LogP contribution in [-0.4, -0.2) is 29.0 Å². The summed E-state index contributed by atoms with van der Waals surface area (Å²) in [7, 11) is 1.57. The van der Waals surface area contributed by atoms with E-state index in [0.29, 0.717) is 23.0 Å². The van der Waals surface area contributed by atoms with E-state index in [4.69, 9.17) is 4.74 Å². The molecular weight excluding hydrogens is 352 g/mol. The molecule has 0 bridgehead atoms. The zero-order valence-electron chi connectivity index (χ0n) is 16.1. The summed E-state index contributed by atoms with van der Waals surface area (Å²) in [6.45, 7) is 3.96. The van der Waals surface area contributed by atoms with Crippen molar-refractivity contribution in [3.8, 4) is 5.75 Å². The average Bonchev–Trinajstić information content (AvgIpc) is 3.03. The van der Waals surface area contributed by atoms with Gasteiger partial charge in [0.15, 0.2) is 0 Å². The lowest BCUT2D eigenvalue weighted by Crippen LogP contribution is -2.26. The van der Waals surface area contributed by atoms with Crippen molar-refractivity contribution < 1.29 is 9.53 Å². The van der Waals surface area contributed by atoms with Crippen LogP contribution in [0, 0.1) is 6.92 Å². The number of carbonyl (C=O) groups excluding carboxylic acids is 1. The van der Waals surface area contributed by atoms with Crippen molar-refractivity contribution in [1.29, 1.82) is 0 Å². The highest BCUT2D eigenvalue weighted by Gasteiger charge is 2.28. The van der Waals surface area contributed by atoms with Gasteiger partial charge in [0, 0.05) is 17.8 Å². The number of ether oxygens (including phenoxy) is 1. The molecule has 0 saturated heterocycles. The molecule has 1 aliphatic heterocycles. The van der Waals surface area contributed by atoms with Crippen molar-refractivity contribution in [3.63, 3.8) is 0 Å². The van der Waals surface area contributed by atoms with E-state index in [9.17, 15) is 4.79 Å². The van der Waals surface area contributed by atoms with Gasteiger partial charge in [-0.2, -0.15) is 0 Å². The predicted molar refractivity (Wildman–Crippen MR) is 109 cm³/mol. The SMILES string of the molecule is COc1ccccc1NC(=O)c1cc(N2c3ccccc3CC2C)nc(C)n1. The Morgan fingerprint density at radius 1 is 1.14 bits per heavy atom. The normalized spacial score (nSPS) is 15.2. The number of anilines is 3. The number of hydrogen-bond acceptors (Lipinski definition) is 5. The standard InChI is InChI=1S/C22H22N4O2/c1-14-12-16-8-4-6-10-19(16)26(14)21-13-18(23-15(2)24-21)22(27)25-17-9-5-7-11-20(17)28-3/h4-11,13-14H,12H2,1-3H3,(H,25,27). The molecule has 1 unspecified atom stereocenters. The second-order valence-corrected chi connectivity index (χ2v) is 6.86. The number of benzene rings is 2. The molecular formula is C22H22N4O2. The van der Waals surface area contributed by atoms with Gasteiger partial charge in [0.05, 0.1) is 12.8 Å². The third-order valence-electron chi connectivity index (χ3n) is 4.87. The van der Waals surface area contributed by atoms with E-state index in [0.717, 1.165) is 17.9 Å². The van der Waals surface area contributed by atoms with Gasteiger partial charge in [-0.25, -0.2) is 9.97 Å². The zero-order chi connectivity index (χ0) is 19.7. The first-order chi connectivity index (χ1) is 13.6. The summed E-state index contributed by atoms with van der Waals surface area (Å²) in [6.07, 6.45) is 0.946. The lowest BCUT2D eigenvalue weighted by Gasteiger charge is -2.24. The number of nitrogens with one attached hydrogen (secondary N) is 1. The highest BCUT2D eigenvalue weighted by atomic mass is 16.5. The molecule has 28 heavy (non-hydrogen) atoms. The number of rotatable bonds is 4. The Bertz CT molecular complexity index is 1030. The summed E-state index contributed by atoms with van der Waals surface area (Å²) in [5.74, 6) is 1.59. The van der Waals surface area contributed by atoms with Gasteiger partial charge in [-0.15, -0.1) is 0 Å². The predicted octanol–water partition coefficient (Wildman–Crippen LogP) is 4.13. The molecule has 6 heteroatoms. The molecule has 1 aromatic heterocycles. The van der Waals surface area contributed by atoms with Crippen LogP contribution in [0.1, 0.15) is 28.8 Å². The van der Waals surface area contributed by atoms with Crippen LogP contribution in [0.3, 0.4) is 0 Å². The fourth-order valence-electron chi connectivity index (χ4n) is 3.64. The zero-order valence-corrected chi connectivity index (χ0v) is 16.1. The maximum Gasteiger partial charge on any atom is 0.274 e. The summed E-state index contributed by atoms with van der Waals surface area (Å²) in [5.41, 5.74) is 3.34. The lowest BCUT2D eigenvalue weighted by atomic mass is 10.1. The number of nitrogens with zero attached hydrogens (tertiary/aromatic N) is 3. The minimum atomic E-state index is -0.295.